The van der Waals surface area contributed by atoms with Crippen molar-refractivity contribution in [2.45, 2.75) is 6.92 Å². The van der Waals surface area contributed by atoms with Gasteiger partial charge in [0.15, 0.2) is 5.65 Å². The summed E-state index contributed by atoms with van der Waals surface area (Å²) in [5.41, 5.74) is 8.39. The minimum absolute atomic E-state index is 0.710. The Bertz CT molecular complexity index is 651. The average Bonchev–Trinajstić information content (AvgIpc) is 2.84. The third kappa shape index (κ3) is 1.39. The van der Waals surface area contributed by atoms with Crippen LogP contribution < -0.4 is 5.73 Å². The van der Waals surface area contributed by atoms with E-state index >= 15 is 0 Å². The van der Waals surface area contributed by atoms with E-state index < -0.39 is 0 Å². The molecule has 0 aliphatic rings. The topological polar surface area (TPSA) is 43.3 Å². The summed E-state index contributed by atoms with van der Waals surface area (Å²) in [4.78, 5) is 7.02. The number of nitrogens with zero attached hydrogens (tertiary/aromatic N) is 2. The van der Waals surface area contributed by atoms with Crippen molar-refractivity contribution in [2.75, 3.05) is 5.73 Å². The largest absolute Gasteiger partial charge is 0.396 e. The van der Waals surface area contributed by atoms with Crippen LogP contribution in [0.25, 0.3) is 16.2 Å². The molecule has 3 heterocycles. The predicted octanol–water partition coefficient (Wildman–Crippen LogP) is 2.95. The van der Waals surface area contributed by atoms with Crippen molar-refractivity contribution in [3.8, 4) is 10.6 Å². The van der Waals surface area contributed by atoms with Crippen LogP contribution in [0.5, 0.6) is 0 Å². The number of nitrogen functional groups attached to an aromatic ring is 1. The first-order valence-electron chi connectivity index (χ1n) is 5.04. The third-order valence-electron chi connectivity index (χ3n) is 2.51. The first kappa shape index (κ1) is 9.42. The standard InChI is InChI=1S/C12H11N3S/c1-8-4-5-11(16-8)10-7-15-6-2-3-9(13)12(15)14-10/h2-7H,13H2,1H3. The molecule has 4 heteroatoms. The maximum atomic E-state index is 5.87. The zero-order valence-electron chi connectivity index (χ0n) is 8.84. The van der Waals surface area contributed by atoms with Crippen molar-refractivity contribution in [3.05, 3.63) is 41.5 Å². The molecule has 3 aromatic heterocycles. The molecule has 0 aromatic carbocycles. The lowest BCUT2D eigenvalue weighted by molar-refractivity contribution is 1.19. The van der Waals surface area contributed by atoms with Crippen LogP contribution in [0.3, 0.4) is 0 Å². The smallest absolute Gasteiger partial charge is 0.160 e. The monoisotopic (exact) mass is 229 g/mol. The van der Waals surface area contributed by atoms with Gasteiger partial charge in [0.2, 0.25) is 0 Å². The van der Waals surface area contributed by atoms with Crippen LogP contribution in [0.4, 0.5) is 5.69 Å². The molecule has 0 aliphatic heterocycles. The van der Waals surface area contributed by atoms with Crippen molar-refractivity contribution >= 4 is 22.7 Å². The van der Waals surface area contributed by atoms with Gasteiger partial charge in [-0.1, -0.05) is 0 Å². The number of aryl methyl sites for hydroxylation is 1. The van der Waals surface area contributed by atoms with Crippen LogP contribution in [0, 0.1) is 6.92 Å². The van der Waals surface area contributed by atoms with Gasteiger partial charge in [0.05, 0.1) is 16.3 Å². The Morgan fingerprint density at radius 2 is 2.19 bits per heavy atom. The molecule has 0 spiro atoms. The number of aromatic nitrogens is 2. The van der Waals surface area contributed by atoms with Crippen LogP contribution in [0.15, 0.2) is 36.7 Å². The number of fused-ring (bicyclic) bond motifs is 1. The van der Waals surface area contributed by atoms with Crippen LogP contribution in [-0.4, -0.2) is 9.38 Å². The number of anilines is 1. The summed E-state index contributed by atoms with van der Waals surface area (Å²) >= 11 is 1.75. The van der Waals surface area contributed by atoms with Gasteiger partial charge in [0.1, 0.15) is 0 Å². The van der Waals surface area contributed by atoms with E-state index in [1.165, 1.54) is 9.75 Å². The van der Waals surface area contributed by atoms with Gasteiger partial charge in [-0.05, 0) is 31.2 Å². The molecule has 3 rings (SSSR count). The molecule has 80 valence electrons. The molecule has 0 atom stereocenters. The normalized spacial score (nSPS) is 11.1. The summed E-state index contributed by atoms with van der Waals surface area (Å²) in [6.07, 6.45) is 3.97. The number of thiophene rings is 1. The third-order valence-corrected chi connectivity index (χ3v) is 3.53. The second-order valence-electron chi connectivity index (χ2n) is 3.73. The number of rotatable bonds is 1. The second-order valence-corrected chi connectivity index (χ2v) is 5.02. The zero-order chi connectivity index (χ0) is 11.1. The lowest BCUT2D eigenvalue weighted by Gasteiger charge is -1.94. The summed E-state index contributed by atoms with van der Waals surface area (Å²) in [6, 6.07) is 7.99. The van der Waals surface area contributed by atoms with Crippen molar-refractivity contribution in [1.82, 2.24) is 9.38 Å². The molecular weight excluding hydrogens is 218 g/mol. The molecule has 0 radical (unpaired) electrons. The fraction of sp³-hybridized carbons (Fsp3) is 0.0833. The van der Waals surface area contributed by atoms with Gasteiger partial charge in [-0.3, -0.25) is 0 Å². The van der Waals surface area contributed by atoms with Gasteiger partial charge in [0.25, 0.3) is 0 Å². The van der Waals surface area contributed by atoms with E-state index in [9.17, 15) is 0 Å². The molecule has 0 aliphatic carbocycles. The highest BCUT2D eigenvalue weighted by atomic mass is 32.1. The summed E-state index contributed by atoms with van der Waals surface area (Å²) in [5, 5.41) is 0. The minimum Gasteiger partial charge on any atom is -0.396 e. The molecule has 3 nitrogen and oxygen atoms in total. The van der Waals surface area contributed by atoms with Gasteiger partial charge in [-0.25, -0.2) is 4.98 Å². The predicted molar refractivity (Wildman–Crippen MR) is 67.7 cm³/mol. The lowest BCUT2D eigenvalue weighted by atomic mass is 10.4. The SMILES string of the molecule is Cc1ccc(-c2cn3cccc(N)c3n2)s1. The Morgan fingerprint density at radius 1 is 1.31 bits per heavy atom. The first-order chi connectivity index (χ1) is 7.74. The summed E-state index contributed by atoms with van der Waals surface area (Å²) in [5.74, 6) is 0. The van der Waals surface area contributed by atoms with Crippen LogP contribution >= 0.6 is 11.3 Å². The molecule has 0 unspecified atom stereocenters. The molecule has 0 bridgehead atoms. The van der Waals surface area contributed by atoms with Gasteiger partial charge in [-0.15, -0.1) is 11.3 Å². The Kier molecular flexibility index (Phi) is 1.97. The Hall–Kier alpha value is -1.81. The summed E-state index contributed by atoms with van der Waals surface area (Å²) < 4.78 is 1.96. The Morgan fingerprint density at radius 3 is 2.88 bits per heavy atom. The second kappa shape index (κ2) is 3.35. The molecule has 0 saturated carbocycles. The summed E-state index contributed by atoms with van der Waals surface area (Å²) in [6.45, 7) is 2.10. The van der Waals surface area contributed by atoms with E-state index in [1.54, 1.807) is 11.3 Å². The minimum atomic E-state index is 0.710. The van der Waals surface area contributed by atoms with E-state index in [4.69, 9.17) is 5.73 Å². The van der Waals surface area contributed by atoms with Gasteiger partial charge >= 0.3 is 0 Å². The molecule has 16 heavy (non-hydrogen) atoms. The maximum Gasteiger partial charge on any atom is 0.160 e. The molecule has 0 fully saturated rings. The van der Waals surface area contributed by atoms with Crippen molar-refractivity contribution in [1.29, 1.82) is 0 Å². The van der Waals surface area contributed by atoms with Crippen LogP contribution in [0.2, 0.25) is 0 Å². The van der Waals surface area contributed by atoms with E-state index in [1.807, 2.05) is 28.9 Å². The molecule has 2 N–H and O–H groups in total. The van der Waals surface area contributed by atoms with Crippen molar-refractivity contribution in [3.63, 3.8) is 0 Å². The van der Waals surface area contributed by atoms with Crippen LogP contribution in [-0.2, 0) is 0 Å². The maximum absolute atomic E-state index is 5.87. The first-order valence-corrected chi connectivity index (χ1v) is 5.86. The quantitative estimate of drug-likeness (QED) is 0.697. The van der Waals surface area contributed by atoms with E-state index in [0.29, 0.717) is 5.69 Å². The number of hydrogen-bond acceptors (Lipinski definition) is 3. The van der Waals surface area contributed by atoms with E-state index in [-0.39, 0.29) is 0 Å². The van der Waals surface area contributed by atoms with Gasteiger partial charge in [0, 0.05) is 17.3 Å². The lowest BCUT2D eigenvalue weighted by Crippen LogP contribution is -1.90. The van der Waals surface area contributed by atoms with E-state index in [2.05, 4.69) is 24.0 Å². The molecule has 3 aromatic rings. The highest BCUT2D eigenvalue weighted by molar-refractivity contribution is 7.15. The molecular formula is C12H11N3S. The highest BCUT2D eigenvalue weighted by Gasteiger charge is 2.07. The fourth-order valence-electron chi connectivity index (χ4n) is 1.73. The Balaban J connectivity index is 2.22. The fourth-order valence-corrected chi connectivity index (χ4v) is 2.55. The van der Waals surface area contributed by atoms with Gasteiger partial charge in [-0.2, -0.15) is 0 Å². The zero-order valence-corrected chi connectivity index (χ0v) is 9.66. The number of hydrogen-bond donors (Lipinski definition) is 1. The van der Waals surface area contributed by atoms with Gasteiger partial charge < -0.3 is 10.1 Å². The number of nitrogens with two attached hydrogens (primary N) is 1. The van der Waals surface area contributed by atoms with E-state index in [0.717, 1.165) is 11.3 Å². The number of imidazole rings is 1. The highest BCUT2D eigenvalue weighted by Crippen LogP contribution is 2.27. The van der Waals surface area contributed by atoms with Crippen molar-refractivity contribution in [2.24, 2.45) is 0 Å². The molecule has 0 amide bonds. The van der Waals surface area contributed by atoms with Crippen LogP contribution in [0.1, 0.15) is 4.88 Å². The number of pyridine rings is 1. The van der Waals surface area contributed by atoms with Crippen molar-refractivity contribution < 1.29 is 0 Å². The average molecular weight is 229 g/mol. The molecule has 0 saturated heterocycles. The Labute approximate surface area is 97.2 Å². The summed E-state index contributed by atoms with van der Waals surface area (Å²) in [7, 11) is 0.